The van der Waals surface area contributed by atoms with Crippen LogP contribution in [0.15, 0.2) is 30.3 Å². The first kappa shape index (κ1) is 22.4. The fourth-order valence-electron chi connectivity index (χ4n) is 3.77. The van der Waals surface area contributed by atoms with Crippen LogP contribution in [0.3, 0.4) is 0 Å². The summed E-state index contributed by atoms with van der Waals surface area (Å²) in [5.41, 5.74) is -1.75. The Labute approximate surface area is 183 Å². The number of carboxylic acids is 2. The molecular formula is C21H16O12. The van der Waals surface area contributed by atoms with Crippen molar-refractivity contribution >= 4 is 23.5 Å². The molecule has 6 N–H and O–H groups in total. The summed E-state index contributed by atoms with van der Waals surface area (Å²) in [4.78, 5) is 48.7. The number of phenolic OH excluding ortho intramolecular Hbond substituents is 1. The molecular weight excluding hydrogens is 444 g/mol. The van der Waals surface area contributed by atoms with E-state index in [2.05, 4.69) is 0 Å². The van der Waals surface area contributed by atoms with Crippen molar-refractivity contribution in [2.75, 3.05) is 0 Å². The predicted molar refractivity (Wildman–Crippen MR) is 103 cm³/mol. The quantitative estimate of drug-likeness (QED) is 0.281. The molecule has 0 aromatic heterocycles. The van der Waals surface area contributed by atoms with Gasteiger partial charge >= 0.3 is 11.9 Å². The van der Waals surface area contributed by atoms with Crippen molar-refractivity contribution in [1.82, 2.24) is 0 Å². The van der Waals surface area contributed by atoms with Crippen LogP contribution in [-0.4, -0.2) is 84.9 Å². The number of benzene rings is 2. The Balaban J connectivity index is 1.76. The van der Waals surface area contributed by atoms with Gasteiger partial charge in [0.15, 0.2) is 11.9 Å². The summed E-state index contributed by atoms with van der Waals surface area (Å²) >= 11 is 0. The number of fused-ring (bicyclic) bond motifs is 2. The van der Waals surface area contributed by atoms with E-state index in [1.54, 1.807) is 0 Å². The van der Waals surface area contributed by atoms with Crippen LogP contribution in [0.1, 0.15) is 42.2 Å². The maximum absolute atomic E-state index is 13.2. The van der Waals surface area contributed by atoms with Gasteiger partial charge in [-0.15, -0.1) is 0 Å². The second-order valence-electron chi connectivity index (χ2n) is 7.41. The van der Waals surface area contributed by atoms with Crippen LogP contribution in [-0.2, 0) is 9.53 Å². The highest BCUT2D eigenvalue weighted by Crippen LogP contribution is 2.38. The number of aliphatic carboxylic acids is 1. The average Bonchev–Trinajstić information content (AvgIpc) is 2.76. The molecule has 2 aliphatic rings. The van der Waals surface area contributed by atoms with Gasteiger partial charge in [-0.3, -0.25) is 9.59 Å². The molecule has 2 aromatic carbocycles. The van der Waals surface area contributed by atoms with Gasteiger partial charge in [-0.25, -0.2) is 9.59 Å². The van der Waals surface area contributed by atoms with Crippen LogP contribution in [0.2, 0.25) is 0 Å². The number of aromatic hydroxyl groups is 1. The number of ether oxygens (including phenoxy) is 2. The molecule has 33 heavy (non-hydrogen) atoms. The van der Waals surface area contributed by atoms with Crippen LogP contribution in [0.5, 0.6) is 11.5 Å². The molecule has 1 fully saturated rings. The summed E-state index contributed by atoms with van der Waals surface area (Å²) in [5, 5.41) is 58.5. The minimum absolute atomic E-state index is 0.201. The highest BCUT2D eigenvalue weighted by atomic mass is 16.7. The second kappa shape index (κ2) is 7.94. The van der Waals surface area contributed by atoms with Crippen molar-refractivity contribution in [2.24, 2.45) is 0 Å². The summed E-state index contributed by atoms with van der Waals surface area (Å²) in [6.07, 6.45) is -9.63. The molecule has 0 radical (unpaired) electrons. The Morgan fingerprint density at radius 3 is 2.21 bits per heavy atom. The zero-order valence-electron chi connectivity index (χ0n) is 16.4. The lowest BCUT2D eigenvalue weighted by atomic mass is 9.82. The third-order valence-corrected chi connectivity index (χ3v) is 5.39. The average molecular weight is 460 g/mol. The van der Waals surface area contributed by atoms with E-state index in [4.69, 9.17) is 19.7 Å². The summed E-state index contributed by atoms with van der Waals surface area (Å²) in [5.74, 6) is -5.83. The van der Waals surface area contributed by atoms with Crippen molar-refractivity contribution in [2.45, 2.75) is 30.7 Å². The van der Waals surface area contributed by atoms with Crippen molar-refractivity contribution < 1.29 is 59.3 Å². The second-order valence-corrected chi connectivity index (χ2v) is 7.41. The Bertz CT molecular complexity index is 1200. The fraction of sp³-hybridized carbons (Fsp3) is 0.238. The lowest BCUT2D eigenvalue weighted by molar-refractivity contribution is -0.271. The highest BCUT2D eigenvalue weighted by molar-refractivity contribution is 6.30. The van der Waals surface area contributed by atoms with Gasteiger partial charge in [0.25, 0.3) is 0 Å². The van der Waals surface area contributed by atoms with E-state index in [0.717, 1.165) is 12.1 Å². The molecule has 0 unspecified atom stereocenters. The Kier molecular flexibility index (Phi) is 5.38. The van der Waals surface area contributed by atoms with E-state index in [1.807, 2.05) is 0 Å². The lowest BCUT2D eigenvalue weighted by Crippen LogP contribution is -2.61. The van der Waals surface area contributed by atoms with Crippen LogP contribution in [0, 0.1) is 0 Å². The Morgan fingerprint density at radius 1 is 0.879 bits per heavy atom. The number of carboxylic acid groups (broad SMARTS) is 2. The molecule has 1 heterocycles. The third kappa shape index (κ3) is 3.50. The van der Waals surface area contributed by atoms with Crippen molar-refractivity contribution in [1.29, 1.82) is 0 Å². The van der Waals surface area contributed by atoms with Crippen LogP contribution in [0.4, 0.5) is 0 Å². The molecule has 12 nitrogen and oxygen atoms in total. The lowest BCUT2D eigenvalue weighted by Gasteiger charge is -2.38. The van der Waals surface area contributed by atoms with Gasteiger partial charge in [-0.1, -0.05) is 12.1 Å². The highest BCUT2D eigenvalue weighted by Gasteiger charge is 2.48. The molecule has 0 saturated carbocycles. The van der Waals surface area contributed by atoms with Gasteiger partial charge < -0.3 is 40.1 Å². The fourth-order valence-corrected chi connectivity index (χ4v) is 3.77. The van der Waals surface area contributed by atoms with Gasteiger partial charge in [0.2, 0.25) is 12.1 Å². The van der Waals surface area contributed by atoms with Gasteiger partial charge in [0, 0.05) is 11.1 Å². The monoisotopic (exact) mass is 460 g/mol. The summed E-state index contributed by atoms with van der Waals surface area (Å²) in [6, 6.07) is 5.54. The molecule has 5 atom stereocenters. The zero-order chi connectivity index (χ0) is 24.2. The molecule has 0 amide bonds. The van der Waals surface area contributed by atoms with Gasteiger partial charge in [0.05, 0.1) is 16.7 Å². The topological polar surface area (TPSA) is 208 Å². The zero-order valence-corrected chi connectivity index (χ0v) is 16.4. The maximum Gasteiger partial charge on any atom is 0.335 e. The number of aliphatic hydroxyl groups excluding tert-OH is 3. The summed E-state index contributed by atoms with van der Waals surface area (Å²) in [7, 11) is 0. The van der Waals surface area contributed by atoms with Crippen LogP contribution in [0.25, 0.3) is 0 Å². The molecule has 172 valence electrons. The number of hydrogen-bond donors (Lipinski definition) is 6. The number of rotatable bonds is 4. The number of aliphatic hydroxyl groups is 3. The predicted octanol–water partition coefficient (Wildman–Crippen LogP) is -0.863. The number of ketones is 2. The minimum atomic E-state index is -1.96. The van der Waals surface area contributed by atoms with E-state index in [0.29, 0.717) is 0 Å². The van der Waals surface area contributed by atoms with Gasteiger partial charge in [0.1, 0.15) is 29.8 Å². The van der Waals surface area contributed by atoms with Gasteiger partial charge in [-0.2, -0.15) is 0 Å². The first-order valence-corrected chi connectivity index (χ1v) is 9.44. The first-order chi connectivity index (χ1) is 15.5. The molecule has 1 aliphatic carbocycles. The Morgan fingerprint density at radius 2 is 1.58 bits per heavy atom. The number of phenols is 1. The van der Waals surface area contributed by atoms with E-state index in [1.165, 1.54) is 18.2 Å². The van der Waals surface area contributed by atoms with Crippen molar-refractivity contribution in [3.05, 3.63) is 58.1 Å². The molecule has 2 aromatic rings. The van der Waals surface area contributed by atoms with Crippen LogP contribution < -0.4 is 4.74 Å². The number of carbonyl (C=O) groups excluding carboxylic acids is 2. The standard InChI is InChI=1S/C21H16O12/c22-9-5-6(19(28)29)4-8-11(9)14(24)12-7(13(8)23)2-1-3-10(12)32-21-17(27)15(25)16(26)18(33-21)20(30)31/h1-5,15-18,21-22,25-27H,(H,28,29)(H,30,31)/t15-,16+,17-,18+,21+/m1/s1. The molecule has 12 heteroatoms. The van der Waals surface area contributed by atoms with Gasteiger partial charge in [-0.05, 0) is 18.2 Å². The molecule has 4 rings (SSSR count). The first-order valence-electron chi connectivity index (χ1n) is 9.44. The molecule has 1 saturated heterocycles. The van der Waals surface area contributed by atoms with Crippen molar-refractivity contribution in [3.8, 4) is 11.5 Å². The summed E-state index contributed by atoms with van der Waals surface area (Å²) in [6.45, 7) is 0. The third-order valence-electron chi connectivity index (χ3n) is 5.39. The number of hydrogen-bond acceptors (Lipinski definition) is 10. The SMILES string of the molecule is O=C(O)c1cc(O)c2c(c1)C(=O)c1cccc(O[C@H]3O[C@H](C(=O)O)[C@@H](O)[C@@H](O)[C@H]3O)c1C2=O. The van der Waals surface area contributed by atoms with E-state index < -0.39 is 71.1 Å². The van der Waals surface area contributed by atoms with E-state index >= 15 is 0 Å². The number of aromatic carboxylic acids is 1. The smallest absolute Gasteiger partial charge is 0.335 e. The van der Waals surface area contributed by atoms with Crippen LogP contribution >= 0.6 is 0 Å². The summed E-state index contributed by atoms with van der Waals surface area (Å²) < 4.78 is 10.5. The number of carbonyl (C=O) groups is 4. The molecule has 0 bridgehead atoms. The van der Waals surface area contributed by atoms with E-state index in [9.17, 15) is 39.6 Å². The maximum atomic E-state index is 13.2. The minimum Gasteiger partial charge on any atom is -0.507 e. The Hall–Kier alpha value is -3.84. The normalized spacial score (nSPS) is 26.3. The molecule has 1 aliphatic heterocycles. The largest absolute Gasteiger partial charge is 0.507 e. The van der Waals surface area contributed by atoms with E-state index in [-0.39, 0.29) is 22.4 Å². The molecule has 0 spiro atoms. The van der Waals surface area contributed by atoms with Crippen molar-refractivity contribution in [3.63, 3.8) is 0 Å².